The number of guanidine groups is 1. The first-order chi connectivity index (χ1) is 10.2. The fourth-order valence-electron chi connectivity index (χ4n) is 3.03. The molecule has 2 fully saturated rings. The van der Waals surface area contributed by atoms with Crippen LogP contribution >= 0.6 is 35.7 Å². The third kappa shape index (κ3) is 6.24. The molecule has 0 bridgehead atoms. The minimum absolute atomic E-state index is 0. The van der Waals surface area contributed by atoms with Gasteiger partial charge in [-0.2, -0.15) is 11.8 Å². The molecule has 1 unspecified atom stereocenters. The van der Waals surface area contributed by atoms with Crippen LogP contribution in [0.25, 0.3) is 0 Å². The van der Waals surface area contributed by atoms with Crippen LogP contribution in [0.2, 0.25) is 0 Å². The summed E-state index contributed by atoms with van der Waals surface area (Å²) in [6, 6.07) is 0. The number of nitrogens with zero attached hydrogens (tertiary/aromatic N) is 3. The lowest BCUT2D eigenvalue weighted by Gasteiger charge is -2.39. The Hall–Kier alpha value is 0.260. The zero-order valence-electron chi connectivity index (χ0n) is 14.4. The van der Waals surface area contributed by atoms with Crippen molar-refractivity contribution in [2.24, 2.45) is 10.9 Å². The number of halogens is 1. The van der Waals surface area contributed by atoms with Crippen LogP contribution < -0.4 is 5.32 Å². The van der Waals surface area contributed by atoms with Crippen LogP contribution in [0.15, 0.2) is 4.99 Å². The van der Waals surface area contributed by atoms with Gasteiger partial charge in [0.25, 0.3) is 0 Å². The normalized spacial score (nSPS) is 26.0. The number of rotatable bonds is 3. The standard InChI is InChI=1S/C14H28N4O2S2.HI/c1-14(2)11-17(7-8-21-14)13(15-3)16-9-12-5-6-18(10-12)22(4,19)20;/h12H,5-11H2,1-4H3,(H,15,16);1H. The lowest BCUT2D eigenvalue weighted by Crippen LogP contribution is -2.51. The van der Waals surface area contributed by atoms with E-state index < -0.39 is 10.0 Å². The molecule has 23 heavy (non-hydrogen) atoms. The molecule has 1 N–H and O–H groups in total. The quantitative estimate of drug-likeness (QED) is 0.378. The Kier molecular flexibility index (Phi) is 7.94. The topological polar surface area (TPSA) is 65.0 Å². The van der Waals surface area contributed by atoms with Gasteiger partial charge in [0.1, 0.15) is 0 Å². The molecular formula is C14H29IN4O2S2. The molecule has 1 atom stereocenters. The highest BCUT2D eigenvalue weighted by Gasteiger charge is 2.31. The minimum atomic E-state index is -3.05. The summed E-state index contributed by atoms with van der Waals surface area (Å²) in [4.78, 5) is 6.70. The summed E-state index contributed by atoms with van der Waals surface area (Å²) < 4.78 is 24.9. The van der Waals surface area contributed by atoms with E-state index in [1.807, 2.05) is 18.8 Å². The number of nitrogens with one attached hydrogen (secondary N) is 1. The Morgan fingerprint density at radius 3 is 2.61 bits per heavy atom. The first-order valence-corrected chi connectivity index (χ1v) is 10.6. The summed E-state index contributed by atoms with van der Waals surface area (Å²) in [5.74, 6) is 2.41. The Bertz CT molecular complexity index is 525. The van der Waals surface area contributed by atoms with Crippen molar-refractivity contribution in [1.29, 1.82) is 0 Å². The first kappa shape index (κ1) is 21.3. The number of aliphatic imine (C=N–C) groups is 1. The number of hydrogen-bond acceptors (Lipinski definition) is 4. The fraction of sp³-hybridized carbons (Fsp3) is 0.929. The smallest absolute Gasteiger partial charge is 0.211 e. The van der Waals surface area contributed by atoms with Crippen molar-refractivity contribution in [2.75, 3.05) is 51.8 Å². The van der Waals surface area contributed by atoms with E-state index in [4.69, 9.17) is 0 Å². The average Bonchev–Trinajstić information content (AvgIpc) is 2.87. The molecule has 2 aliphatic rings. The minimum Gasteiger partial charge on any atom is -0.356 e. The van der Waals surface area contributed by atoms with Gasteiger partial charge in [-0.1, -0.05) is 0 Å². The molecule has 0 aromatic carbocycles. The second-order valence-electron chi connectivity index (χ2n) is 6.73. The molecule has 0 aromatic heterocycles. The predicted molar refractivity (Wildman–Crippen MR) is 109 cm³/mol. The molecule has 136 valence electrons. The van der Waals surface area contributed by atoms with Gasteiger partial charge < -0.3 is 10.2 Å². The third-order valence-electron chi connectivity index (χ3n) is 4.20. The van der Waals surface area contributed by atoms with Crippen LogP contribution in [0.1, 0.15) is 20.3 Å². The van der Waals surface area contributed by atoms with E-state index in [9.17, 15) is 8.42 Å². The molecule has 0 aliphatic carbocycles. The maximum absolute atomic E-state index is 11.6. The van der Waals surface area contributed by atoms with E-state index in [0.29, 0.717) is 19.0 Å². The Labute approximate surface area is 161 Å². The van der Waals surface area contributed by atoms with Crippen molar-refractivity contribution in [3.8, 4) is 0 Å². The lowest BCUT2D eigenvalue weighted by atomic mass is 10.1. The van der Waals surface area contributed by atoms with E-state index in [2.05, 4.69) is 29.1 Å². The van der Waals surface area contributed by atoms with Crippen molar-refractivity contribution in [3.63, 3.8) is 0 Å². The molecular weight excluding hydrogens is 447 g/mol. The number of thioether (sulfide) groups is 1. The van der Waals surface area contributed by atoms with Crippen molar-refractivity contribution in [2.45, 2.75) is 25.0 Å². The van der Waals surface area contributed by atoms with Crippen molar-refractivity contribution < 1.29 is 8.42 Å². The van der Waals surface area contributed by atoms with Gasteiger partial charge in [-0.25, -0.2) is 12.7 Å². The Morgan fingerprint density at radius 1 is 1.39 bits per heavy atom. The molecule has 0 spiro atoms. The van der Waals surface area contributed by atoms with Gasteiger partial charge in [0.05, 0.1) is 6.26 Å². The van der Waals surface area contributed by atoms with Gasteiger partial charge in [0.2, 0.25) is 10.0 Å². The zero-order valence-corrected chi connectivity index (χ0v) is 18.4. The van der Waals surface area contributed by atoms with Crippen molar-refractivity contribution >= 4 is 51.7 Å². The molecule has 2 aliphatic heterocycles. The summed E-state index contributed by atoms with van der Waals surface area (Å²) in [7, 11) is -1.24. The molecule has 0 amide bonds. The van der Waals surface area contributed by atoms with Crippen LogP contribution in [-0.2, 0) is 10.0 Å². The highest BCUT2D eigenvalue weighted by Crippen LogP contribution is 2.29. The average molecular weight is 476 g/mol. The summed E-state index contributed by atoms with van der Waals surface area (Å²) in [6.45, 7) is 8.55. The van der Waals surface area contributed by atoms with Gasteiger partial charge in [-0.05, 0) is 26.2 Å². The summed E-state index contributed by atoms with van der Waals surface area (Å²) in [5.41, 5.74) is 0. The van der Waals surface area contributed by atoms with Crippen molar-refractivity contribution in [3.05, 3.63) is 0 Å². The largest absolute Gasteiger partial charge is 0.356 e. The van der Waals surface area contributed by atoms with E-state index in [-0.39, 0.29) is 28.7 Å². The molecule has 0 radical (unpaired) electrons. The Morgan fingerprint density at radius 2 is 2.09 bits per heavy atom. The van der Waals surface area contributed by atoms with E-state index in [1.54, 1.807) is 4.31 Å². The summed E-state index contributed by atoms with van der Waals surface area (Å²) >= 11 is 2.00. The Balaban J connectivity index is 0.00000264. The first-order valence-electron chi connectivity index (χ1n) is 7.76. The van der Waals surface area contributed by atoms with Crippen LogP contribution in [0.3, 0.4) is 0 Å². The van der Waals surface area contributed by atoms with Gasteiger partial charge in [0, 0.05) is 50.3 Å². The lowest BCUT2D eigenvalue weighted by molar-refractivity contribution is 0.371. The highest BCUT2D eigenvalue weighted by molar-refractivity contribution is 14.0. The molecule has 6 nitrogen and oxygen atoms in total. The maximum atomic E-state index is 11.6. The maximum Gasteiger partial charge on any atom is 0.211 e. The van der Waals surface area contributed by atoms with Crippen molar-refractivity contribution in [1.82, 2.24) is 14.5 Å². The van der Waals surface area contributed by atoms with Gasteiger partial charge >= 0.3 is 0 Å². The molecule has 2 heterocycles. The summed E-state index contributed by atoms with van der Waals surface area (Å²) in [5, 5.41) is 3.44. The van der Waals surface area contributed by atoms with E-state index >= 15 is 0 Å². The fourth-order valence-corrected chi connectivity index (χ4v) is 5.06. The van der Waals surface area contributed by atoms with Crippen LogP contribution in [-0.4, -0.2) is 80.1 Å². The van der Waals surface area contributed by atoms with Gasteiger partial charge in [-0.15, -0.1) is 24.0 Å². The molecule has 2 saturated heterocycles. The molecule has 9 heteroatoms. The zero-order chi connectivity index (χ0) is 16.4. The van der Waals surface area contributed by atoms with Crippen LogP contribution in [0, 0.1) is 5.92 Å². The molecule has 2 rings (SSSR count). The monoisotopic (exact) mass is 476 g/mol. The van der Waals surface area contributed by atoms with Crippen LogP contribution in [0.4, 0.5) is 0 Å². The molecule has 0 aromatic rings. The summed E-state index contributed by atoms with van der Waals surface area (Å²) in [6.07, 6.45) is 2.20. The number of sulfonamides is 1. The van der Waals surface area contributed by atoms with Gasteiger partial charge in [0.15, 0.2) is 5.96 Å². The second-order valence-corrected chi connectivity index (χ2v) is 10.5. The third-order valence-corrected chi connectivity index (χ3v) is 6.77. The molecule has 0 saturated carbocycles. The van der Waals surface area contributed by atoms with Crippen LogP contribution in [0.5, 0.6) is 0 Å². The van der Waals surface area contributed by atoms with Gasteiger partial charge in [-0.3, -0.25) is 4.99 Å². The second kappa shape index (κ2) is 8.57. The predicted octanol–water partition coefficient (Wildman–Crippen LogP) is 1.29. The number of hydrogen-bond donors (Lipinski definition) is 1. The highest BCUT2D eigenvalue weighted by atomic mass is 127. The van der Waals surface area contributed by atoms with E-state index in [0.717, 1.165) is 37.8 Å². The SMILES string of the molecule is CN=C(NCC1CCN(S(C)(=O)=O)C1)N1CCSC(C)(C)C1.I. The van der Waals surface area contributed by atoms with E-state index in [1.165, 1.54) is 6.26 Å².